The summed E-state index contributed by atoms with van der Waals surface area (Å²) in [5.74, 6) is 1.23. The number of anilines is 2. The number of aromatic amines is 1. The van der Waals surface area contributed by atoms with Crippen molar-refractivity contribution in [3.8, 4) is 0 Å². The van der Waals surface area contributed by atoms with Crippen LogP contribution < -0.4 is 9.80 Å². The minimum absolute atomic E-state index is 0.0108. The lowest BCUT2D eigenvalue weighted by molar-refractivity contribution is -0.137. The lowest BCUT2D eigenvalue weighted by atomic mass is 10.2. The largest absolute Gasteiger partial charge is 0.416 e. The summed E-state index contributed by atoms with van der Waals surface area (Å²) in [6, 6.07) is 5.51. The van der Waals surface area contributed by atoms with Crippen LogP contribution in [0.3, 0.4) is 0 Å². The Balaban J connectivity index is 1.55. The van der Waals surface area contributed by atoms with Gasteiger partial charge in [0.25, 0.3) is 0 Å². The molecule has 0 aliphatic carbocycles. The van der Waals surface area contributed by atoms with Gasteiger partial charge in [0, 0.05) is 37.9 Å². The average Bonchev–Trinajstić information content (AvgIpc) is 3.12. The van der Waals surface area contributed by atoms with Gasteiger partial charge in [-0.05, 0) is 18.2 Å². The normalized spacial score (nSPS) is 15.5. The lowest BCUT2D eigenvalue weighted by Gasteiger charge is -2.35. The van der Waals surface area contributed by atoms with E-state index in [2.05, 4.69) is 19.9 Å². The molecule has 0 bridgehead atoms. The zero-order valence-corrected chi connectivity index (χ0v) is 15.4. The van der Waals surface area contributed by atoms with E-state index in [0.29, 0.717) is 37.6 Å². The molecule has 3 heterocycles. The van der Waals surface area contributed by atoms with E-state index in [-0.39, 0.29) is 17.1 Å². The summed E-state index contributed by atoms with van der Waals surface area (Å²) in [5, 5.41) is 9.47. The molecular weight excluding hydrogens is 395 g/mol. The van der Waals surface area contributed by atoms with E-state index in [1.54, 1.807) is 12.3 Å². The van der Waals surface area contributed by atoms with E-state index in [1.807, 2.05) is 11.0 Å². The maximum absolute atomic E-state index is 13.0. The van der Waals surface area contributed by atoms with Gasteiger partial charge < -0.3 is 19.9 Å². The summed E-state index contributed by atoms with van der Waals surface area (Å²) in [6.07, 6.45) is -2.80. The lowest BCUT2D eigenvalue weighted by Crippen LogP contribution is -2.47. The van der Waals surface area contributed by atoms with Crippen molar-refractivity contribution >= 4 is 34.4 Å². The van der Waals surface area contributed by atoms with Gasteiger partial charge in [-0.25, -0.2) is 9.97 Å². The van der Waals surface area contributed by atoms with E-state index < -0.39 is 11.7 Å². The number of benzene rings is 1. The highest BCUT2D eigenvalue weighted by Crippen LogP contribution is 2.35. The molecule has 1 fully saturated rings. The average molecular weight is 412 g/mol. The first-order valence-corrected chi connectivity index (χ1v) is 9.05. The van der Waals surface area contributed by atoms with Crippen LogP contribution in [0.5, 0.6) is 0 Å². The summed E-state index contributed by atoms with van der Waals surface area (Å²) in [4.78, 5) is 15.7. The molecule has 1 saturated heterocycles. The second kappa shape index (κ2) is 7.14. The van der Waals surface area contributed by atoms with Crippen molar-refractivity contribution in [2.24, 2.45) is 0 Å². The number of aliphatic hydroxyl groups excluding tert-OH is 1. The predicted molar refractivity (Wildman–Crippen MR) is 101 cm³/mol. The number of pyridine rings is 1. The minimum atomic E-state index is -4.48. The van der Waals surface area contributed by atoms with Crippen molar-refractivity contribution in [3.05, 3.63) is 46.6 Å². The molecule has 1 aromatic carbocycles. The van der Waals surface area contributed by atoms with Crippen molar-refractivity contribution in [2.45, 2.75) is 12.8 Å². The molecule has 4 rings (SSSR count). The Hall–Kier alpha value is -2.52. The molecule has 0 amide bonds. The second-order valence-electron chi connectivity index (χ2n) is 6.53. The van der Waals surface area contributed by atoms with Gasteiger partial charge in [-0.2, -0.15) is 13.2 Å². The number of aliphatic hydroxyl groups is 1. The van der Waals surface area contributed by atoms with Crippen LogP contribution >= 0.6 is 11.6 Å². The first-order chi connectivity index (χ1) is 13.4. The van der Waals surface area contributed by atoms with Crippen molar-refractivity contribution in [1.82, 2.24) is 15.0 Å². The van der Waals surface area contributed by atoms with E-state index in [0.717, 1.165) is 23.5 Å². The molecule has 1 aliphatic rings. The van der Waals surface area contributed by atoms with Gasteiger partial charge in [-0.3, -0.25) is 0 Å². The van der Waals surface area contributed by atoms with Gasteiger partial charge in [0.05, 0.1) is 28.2 Å². The number of aromatic nitrogens is 3. The molecule has 0 unspecified atom stereocenters. The van der Waals surface area contributed by atoms with Crippen LogP contribution in [0.1, 0.15) is 11.1 Å². The monoisotopic (exact) mass is 411 g/mol. The van der Waals surface area contributed by atoms with E-state index in [9.17, 15) is 18.3 Å². The molecule has 0 radical (unpaired) electrons. The Morgan fingerprint density at radius 2 is 1.86 bits per heavy atom. The van der Waals surface area contributed by atoms with Crippen LogP contribution in [-0.2, 0) is 12.8 Å². The highest BCUT2D eigenvalue weighted by atomic mass is 35.5. The van der Waals surface area contributed by atoms with Gasteiger partial charge in [0.1, 0.15) is 5.82 Å². The summed E-state index contributed by atoms with van der Waals surface area (Å²) in [7, 11) is 0. The zero-order chi connectivity index (χ0) is 19.9. The maximum atomic E-state index is 13.0. The van der Waals surface area contributed by atoms with E-state index in [4.69, 9.17) is 11.6 Å². The smallest absolute Gasteiger partial charge is 0.392 e. The molecule has 1 aliphatic heterocycles. The number of H-pyrrole nitrogens is 1. The molecular formula is C18H17ClF3N5O. The van der Waals surface area contributed by atoms with E-state index >= 15 is 0 Å². The summed E-state index contributed by atoms with van der Waals surface area (Å²) in [5.41, 5.74) is 0.509. The summed E-state index contributed by atoms with van der Waals surface area (Å²) >= 11 is 6.03. The number of hydrogen-bond acceptors (Lipinski definition) is 5. The van der Waals surface area contributed by atoms with Gasteiger partial charge in [0.15, 0.2) is 0 Å². The fourth-order valence-corrected chi connectivity index (χ4v) is 3.60. The number of imidazole rings is 1. The topological polar surface area (TPSA) is 68.3 Å². The fourth-order valence-electron chi connectivity index (χ4n) is 3.34. The SMILES string of the molecule is OCc1cccnc1N1CCN(c2nc3cc(C(F)(F)F)cc(Cl)c3[nH]2)CC1. The summed E-state index contributed by atoms with van der Waals surface area (Å²) < 4.78 is 39.0. The molecule has 10 heteroatoms. The Kier molecular flexibility index (Phi) is 4.80. The fraction of sp³-hybridized carbons (Fsp3) is 0.333. The maximum Gasteiger partial charge on any atom is 0.416 e. The number of nitrogens with one attached hydrogen (secondary N) is 1. The number of halogens is 4. The highest BCUT2D eigenvalue weighted by molar-refractivity contribution is 6.35. The number of rotatable bonds is 3. The number of nitrogens with zero attached hydrogens (tertiary/aromatic N) is 4. The molecule has 3 aromatic rings. The second-order valence-corrected chi connectivity index (χ2v) is 6.94. The van der Waals surface area contributed by atoms with Crippen molar-refractivity contribution in [3.63, 3.8) is 0 Å². The quantitative estimate of drug-likeness (QED) is 0.691. The molecule has 2 aromatic heterocycles. The molecule has 148 valence electrons. The number of alkyl halides is 3. The third-order valence-electron chi connectivity index (χ3n) is 4.78. The number of hydrogen-bond donors (Lipinski definition) is 2. The Morgan fingerprint density at radius 1 is 1.14 bits per heavy atom. The van der Waals surface area contributed by atoms with Crippen LogP contribution in [0.25, 0.3) is 11.0 Å². The first kappa shape index (κ1) is 18.8. The molecule has 2 N–H and O–H groups in total. The molecule has 0 atom stereocenters. The Labute approximate surface area is 163 Å². The predicted octanol–water partition coefficient (Wildman–Crippen LogP) is 3.45. The van der Waals surface area contributed by atoms with Crippen molar-refractivity contribution in [1.29, 1.82) is 0 Å². The standard InChI is InChI=1S/C18H17ClF3N5O/c19-13-8-12(18(20,21)22)9-14-15(13)25-17(24-14)27-6-4-26(5-7-27)16-11(10-28)2-1-3-23-16/h1-3,8-9,28H,4-7,10H2,(H,24,25). The van der Waals surface area contributed by atoms with Crippen LogP contribution in [0.4, 0.5) is 24.9 Å². The summed E-state index contributed by atoms with van der Waals surface area (Å²) in [6.45, 7) is 2.40. The van der Waals surface area contributed by atoms with Crippen LogP contribution in [-0.4, -0.2) is 46.2 Å². The van der Waals surface area contributed by atoms with Crippen LogP contribution in [0.2, 0.25) is 5.02 Å². The van der Waals surface area contributed by atoms with Crippen LogP contribution in [0.15, 0.2) is 30.5 Å². The Morgan fingerprint density at radius 3 is 2.54 bits per heavy atom. The highest BCUT2D eigenvalue weighted by Gasteiger charge is 2.32. The third kappa shape index (κ3) is 3.47. The third-order valence-corrected chi connectivity index (χ3v) is 5.07. The van der Waals surface area contributed by atoms with Crippen molar-refractivity contribution < 1.29 is 18.3 Å². The first-order valence-electron chi connectivity index (χ1n) is 8.68. The van der Waals surface area contributed by atoms with Gasteiger partial charge in [0.2, 0.25) is 5.95 Å². The van der Waals surface area contributed by atoms with Crippen molar-refractivity contribution in [2.75, 3.05) is 36.0 Å². The molecule has 6 nitrogen and oxygen atoms in total. The number of piperazine rings is 1. The van der Waals surface area contributed by atoms with Gasteiger partial charge >= 0.3 is 6.18 Å². The van der Waals surface area contributed by atoms with Crippen LogP contribution in [0, 0.1) is 0 Å². The molecule has 0 saturated carbocycles. The number of fused-ring (bicyclic) bond motifs is 1. The molecule has 28 heavy (non-hydrogen) atoms. The van der Waals surface area contributed by atoms with E-state index in [1.165, 1.54) is 0 Å². The van der Waals surface area contributed by atoms with Gasteiger partial charge in [-0.1, -0.05) is 17.7 Å². The van der Waals surface area contributed by atoms with Gasteiger partial charge in [-0.15, -0.1) is 0 Å². The minimum Gasteiger partial charge on any atom is -0.392 e. The zero-order valence-electron chi connectivity index (χ0n) is 14.7. The Bertz CT molecular complexity index is 999. The molecule has 0 spiro atoms.